The number of hydrogen-bond acceptors (Lipinski definition) is 7. The highest BCUT2D eigenvalue weighted by atomic mass is 19.1. The van der Waals surface area contributed by atoms with E-state index >= 15 is 0 Å². The zero-order valence-corrected chi connectivity index (χ0v) is 15.4. The van der Waals surface area contributed by atoms with Crippen LogP contribution in [0.3, 0.4) is 0 Å². The van der Waals surface area contributed by atoms with Gasteiger partial charge in [0.1, 0.15) is 11.6 Å². The Morgan fingerprint density at radius 2 is 1.93 bits per heavy atom. The first-order valence-electron chi connectivity index (χ1n) is 9.10. The lowest BCUT2D eigenvalue weighted by molar-refractivity contribution is -0.385. The van der Waals surface area contributed by atoms with E-state index in [4.69, 9.17) is 4.74 Å². The molecule has 0 radical (unpaired) electrons. The van der Waals surface area contributed by atoms with Gasteiger partial charge in [-0.15, -0.1) is 0 Å². The highest BCUT2D eigenvalue weighted by Gasteiger charge is 2.16. The third-order valence-electron chi connectivity index (χ3n) is 4.63. The number of rotatable bonds is 5. The van der Waals surface area contributed by atoms with Crippen molar-refractivity contribution in [2.75, 3.05) is 31.1 Å². The van der Waals surface area contributed by atoms with Gasteiger partial charge in [0.25, 0.3) is 5.69 Å². The molecule has 1 aliphatic heterocycles. The normalized spacial score (nSPS) is 13.9. The summed E-state index contributed by atoms with van der Waals surface area (Å²) >= 11 is 0. The van der Waals surface area contributed by atoms with Gasteiger partial charge in [-0.2, -0.15) is 0 Å². The van der Waals surface area contributed by atoms with Crippen molar-refractivity contribution >= 4 is 11.5 Å². The van der Waals surface area contributed by atoms with Gasteiger partial charge in [0.05, 0.1) is 11.0 Å². The molecule has 1 saturated heterocycles. The van der Waals surface area contributed by atoms with E-state index in [0.29, 0.717) is 11.3 Å². The fraction of sp³-hybridized carbons (Fsp3) is 0.200. The number of nitrogens with zero attached hydrogens (tertiary/aromatic N) is 4. The van der Waals surface area contributed by atoms with Gasteiger partial charge in [-0.1, -0.05) is 0 Å². The molecule has 0 saturated carbocycles. The molecule has 9 heteroatoms. The molecule has 8 nitrogen and oxygen atoms in total. The summed E-state index contributed by atoms with van der Waals surface area (Å²) in [6, 6.07) is 8.73. The molecule has 3 heterocycles. The number of nitrogens with one attached hydrogen (secondary N) is 1. The van der Waals surface area contributed by atoms with Crippen LogP contribution < -0.4 is 15.0 Å². The van der Waals surface area contributed by atoms with Gasteiger partial charge >= 0.3 is 0 Å². The number of non-ortho nitro benzene ring substituents is 1. The van der Waals surface area contributed by atoms with Crippen LogP contribution in [0.1, 0.15) is 0 Å². The maximum Gasteiger partial charge on any atom is 0.272 e. The minimum Gasteiger partial charge on any atom is -0.454 e. The second-order valence-corrected chi connectivity index (χ2v) is 6.49. The molecule has 0 spiro atoms. The summed E-state index contributed by atoms with van der Waals surface area (Å²) in [7, 11) is 0. The van der Waals surface area contributed by atoms with E-state index in [9.17, 15) is 14.5 Å². The van der Waals surface area contributed by atoms with Crippen LogP contribution in [0.5, 0.6) is 11.5 Å². The van der Waals surface area contributed by atoms with Crippen molar-refractivity contribution in [3.63, 3.8) is 0 Å². The quantitative estimate of drug-likeness (QED) is 0.523. The van der Waals surface area contributed by atoms with Crippen molar-refractivity contribution in [2.45, 2.75) is 0 Å². The number of benzene rings is 1. The highest BCUT2D eigenvalue weighted by molar-refractivity contribution is 5.70. The molecule has 148 valence electrons. The molecule has 4 rings (SSSR count). The summed E-state index contributed by atoms with van der Waals surface area (Å²) < 4.78 is 19.9. The lowest BCUT2D eigenvalue weighted by atomic mass is 10.1. The number of pyridine rings is 2. The van der Waals surface area contributed by atoms with Gasteiger partial charge in [-0.3, -0.25) is 15.1 Å². The molecule has 0 unspecified atom stereocenters. The van der Waals surface area contributed by atoms with Crippen molar-refractivity contribution in [1.29, 1.82) is 0 Å². The minimum absolute atomic E-state index is 0.103. The third-order valence-corrected chi connectivity index (χ3v) is 4.63. The summed E-state index contributed by atoms with van der Waals surface area (Å²) in [6.45, 7) is 3.63. The molecule has 1 aromatic carbocycles. The van der Waals surface area contributed by atoms with E-state index in [1.54, 1.807) is 18.5 Å². The highest BCUT2D eigenvalue weighted by Crippen LogP contribution is 2.34. The number of nitro benzene ring substituents is 1. The average molecular weight is 395 g/mol. The summed E-state index contributed by atoms with van der Waals surface area (Å²) in [5.74, 6) is 0.357. The smallest absolute Gasteiger partial charge is 0.272 e. The maximum atomic E-state index is 14.2. The number of nitro groups is 1. The van der Waals surface area contributed by atoms with Crippen molar-refractivity contribution in [1.82, 2.24) is 15.3 Å². The molecule has 0 bridgehead atoms. The van der Waals surface area contributed by atoms with Crippen LogP contribution in [0.15, 0.2) is 55.0 Å². The van der Waals surface area contributed by atoms with Crippen molar-refractivity contribution in [2.24, 2.45) is 0 Å². The second-order valence-electron chi connectivity index (χ2n) is 6.49. The monoisotopic (exact) mass is 395 g/mol. The van der Waals surface area contributed by atoms with Crippen LogP contribution in [0.2, 0.25) is 0 Å². The summed E-state index contributed by atoms with van der Waals surface area (Å²) in [5, 5.41) is 14.1. The molecule has 29 heavy (non-hydrogen) atoms. The lowest BCUT2D eigenvalue weighted by Gasteiger charge is -2.28. The standard InChI is InChI=1S/C20H18FN5O3/c21-17-11-15(26(27)28)2-3-19(17)29-18-5-6-23-13-16(18)14-1-4-20(24-12-14)25-9-7-22-8-10-25/h1-6,11-13,22H,7-10H2. The van der Waals surface area contributed by atoms with Crippen LogP contribution >= 0.6 is 0 Å². The van der Waals surface area contributed by atoms with Gasteiger partial charge in [0.2, 0.25) is 0 Å². The number of hydrogen-bond donors (Lipinski definition) is 1. The van der Waals surface area contributed by atoms with Crippen LogP contribution in [-0.2, 0) is 0 Å². The molecule has 1 aliphatic rings. The predicted octanol–water partition coefficient (Wildman–Crippen LogP) is 3.39. The van der Waals surface area contributed by atoms with E-state index in [2.05, 4.69) is 20.2 Å². The first-order chi connectivity index (χ1) is 14.1. The average Bonchev–Trinajstić information content (AvgIpc) is 2.76. The number of piperazine rings is 1. The molecule has 0 amide bonds. The molecule has 0 atom stereocenters. The minimum atomic E-state index is -0.811. The Bertz CT molecular complexity index is 1020. The molecule has 0 aliphatic carbocycles. The molecule has 2 aromatic heterocycles. The van der Waals surface area contributed by atoms with E-state index in [1.807, 2.05) is 12.1 Å². The zero-order valence-electron chi connectivity index (χ0n) is 15.4. The number of anilines is 1. The van der Waals surface area contributed by atoms with Crippen LogP contribution in [0.4, 0.5) is 15.9 Å². The Hall–Kier alpha value is -3.59. The Labute approximate surface area is 166 Å². The third kappa shape index (κ3) is 4.14. The van der Waals surface area contributed by atoms with Gasteiger partial charge in [-0.05, 0) is 24.3 Å². The second kappa shape index (κ2) is 8.19. The predicted molar refractivity (Wildman–Crippen MR) is 106 cm³/mol. The van der Waals surface area contributed by atoms with E-state index in [0.717, 1.165) is 43.6 Å². The first-order valence-corrected chi connectivity index (χ1v) is 9.10. The van der Waals surface area contributed by atoms with E-state index in [-0.39, 0.29) is 11.4 Å². The Morgan fingerprint density at radius 1 is 1.10 bits per heavy atom. The molecular formula is C20H18FN5O3. The van der Waals surface area contributed by atoms with Crippen LogP contribution in [-0.4, -0.2) is 41.1 Å². The summed E-state index contributed by atoms with van der Waals surface area (Å²) in [6.07, 6.45) is 4.87. The molecule has 3 aromatic rings. The fourth-order valence-corrected chi connectivity index (χ4v) is 3.12. The Kier molecular flexibility index (Phi) is 5.30. The van der Waals surface area contributed by atoms with Gasteiger partial charge in [-0.25, -0.2) is 9.37 Å². The van der Waals surface area contributed by atoms with Crippen molar-refractivity contribution in [3.05, 3.63) is 70.9 Å². The molecule has 1 N–H and O–H groups in total. The number of aromatic nitrogens is 2. The molecular weight excluding hydrogens is 377 g/mol. The number of ether oxygens (including phenoxy) is 1. The van der Waals surface area contributed by atoms with Gasteiger partial charge in [0, 0.05) is 62.0 Å². The van der Waals surface area contributed by atoms with E-state index in [1.165, 1.54) is 18.3 Å². The molecule has 1 fully saturated rings. The first kappa shape index (κ1) is 18.8. The van der Waals surface area contributed by atoms with E-state index < -0.39 is 10.7 Å². The topological polar surface area (TPSA) is 93.4 Å². The van der Waals surface area contributed by atoms with Gasteiger partial charge < -0.3 is 15.0 Å². The Morgan fingerprint density at radius 3 is 2.62 bits per heavy atom. The van der Waals surface area contributed by atoms with Crippen LogP contribution in [0.25, 0.3) is 11.1 Å². The fourth-order valence-electron chi connectivity index (χ4n) is 3.12. The van der Waals surface area contributed by atoms with Crippen LogP contribution in [0, 0.1) is 15.9 Å². The Balaban J connectivity index is 1.59. The zero-order chi connectivity index (χ0) is 20.2. The SMILES string of the molecule is O=[N+]([O-])c1ccc(Oc2ccncc2-c2ccc(N3CCNCC3)nc2)c(F)c1. The number of halogens is 1. The maximum absolute atomic E-state index is 14.2. The largest absolute Gasteiger partial charge is 0.454 e. The van der Waals surface area contributed by atoms with Gasteiger partial charge in [0.15, 0.2) is 11.6 Å². The lowest BCUT2D eigenvalue weighted by Crippen LogP contribution is -2.43. The van der Waals surface area contributed by atoms with Crippen molar-refractivity contribution in [3.8, 4) is 22.6 Å². The van der Waals surface area contributed by atoms with Crippen molar-refractivity contribution < 1.29 is 14.1 Å². The summed E-state index contributed by atoms with van der Waals surface area (Å²) in [4.78, 5) is 21.0. The summed E-state index contributed by atoms with van der Waals surface area (Å²) in [5.41, 5.74) is 1.08.